The fourth-order valence-electron chi connectivity index (χ4n) is 1.88. The summed E-state index contributed by atoms with van der Waals surface area (Å²) in [6.45, 7) is 2.21. The van der Waals surface area contributed by atoms with Gasteiger partial charge in [-0.25, -0.2) is 0 Å². The Labute approximate surface area is 131 Å². The Balaban J connectivity index is 0.00000400. The Hall–Kier alpha value is -1.66. The zero-order chi connectivity index (χ0) is 15.1. The molecule has 6 nitrogen and oxygen atoms in total. The highest BCUT2D eigenvalue weighted by Gasteiger charge is 2.17. The second kappa shape index (κ2) is 9.31. The van der Waals surface area contributed by atoms with E-state index in [-0.39, 0.29) is 24.4 Å². The number of amides is 1. The van der Waals surface area contributed by atoms with Gasteiger partial charge in [-0.3, -0.25) is 4.79 Å². The normalized spacial score (nSPS) is 11.1. The van der Waals surface area contributed by atoms with Crippen LogP contribution >= 0.6 is 12.4 Å². The highest BCUT2D eigenvalue weighted by atomic mass is 35.5. The maximum absolute atomic E-state index is 11.6. The van der Waals surface area contributed by atoms with Crippen LogP contribution in [0.4, 0.5) is 0 Å². The van der Waals surface area contributed by atoms with E-state index in [2.05, 4.69) is 5.32 Å². The van der Waals surface area contributed by atoms with Crippen LogP contribution in [0.2, 0.25) is 0 Å². The fraction of sp³-hybridized carbons (Fsp3) is 0.500. The number of benzene rings is 1. The molecule has 0 spiro atoms. The predicted molar refractivity (Wildman–Crippen MR) is 83.6 cm³/mol. The first kappa shape index (κ1) is 19.3. The molecule has 7 heteroatoms. The van der Waals surface area contributed by atoms with Crippen LogP contribution in [0.5, 0.6) is 17.2 Å². The molecule has 1 aromatic rings. The van der Waals surface area contributed by atoms with E-state index >= 15 is 0 Å². The van der Waals surface area contributed by atoms with E-state index in [1.165, 1.54) is 0 Å². The van der Waals surface area contributed by atoms with E-state index in [1.807, 2.05) is 19.1 Å². The molecule has 0 saturated carbocycles. The summed E-state index contributed by atoms with van der Waals surface area (Å²) in [6, 6.07) is 3.45. The van der Waals surface area contributed by atoms with Gasteiger partial charge < -0.3 is 25.3 Å². The number of methoxy groups -OCH3 is 3. The van der Waals surface area contributed by atoms with Crippen molar-refractivity contribution >= 4 is 18.3 Å². The molecule has 0 fully saturated rings. The van der Waals surface area contributed by atoms with E-state index in [4.69, 9.17) is 19.9 Å². The molecule has 0 aliphatic heterocycles. The first-order valence-corrected chi connectivity index (χ1v) is 6.36. The largest absolute Gasteiger partial charge is 0.493 e. The number of halogens is 1. The third kappa shape index (κ3) is 4.99. The van der Waals surface area contributed by atoms with Gasteiger partial charge in [0.15, 0.2) is 11.5 Å². The summed E-state index contributed by atoms with van der Waals surface area (Å²) >= 11 is 0. The van der Waals surface area contributed by atoms with Crippen LogP contribution in [-0.4, -0.2) is 33.8 Å². The lowest BCUT2D eigenvalue weighted by Gasteiger charge is -2.18. The van der Waals surface area contributed by atoms with Gasteiger partial charge in [0.05, 0.1) is 27.4 Å². The smallest absolute Gasteiger partial charge is 0.221 e. The summed E-state index contributed by atoms with van der Waals surface area (Å²) in [4.78, 5) is 11.6. The molecule has 0 aliphatic carbocycles. The Morgan fingerprint density at radius 3 is 2.10 bits per heavy atom. The standard InChI is InChI=1S/C14H22N2O4.ClH/c1-9(16-13(17)5-6-15)10-7-11(18-2)14(20-4)12(8-10)19-3;/h7-9H,5-6,15H2,1-4H3,(H,16,17);1H. The minimum absolute atomic E-state index is 0. The molecule has 0 saturated heterocycles. The molecule has 0 radical (unpaired) electrons. The molecular formula is C14H23ClN2O4. The van der Waals surface area contributed by atoms with Gasteiger partial charge in [0.2, 0.25) is 11.7 Å². The van der Waals surface area contributed by atoms with Crippen molar-refractivity contribution in [1.29, 1.82) is 0 Å². The van der Waals surface area contributed by atoms with Crippen molar-refractivity contribution in [2.45, 2.75) is 19.4 Å². The van der Waals surface area contributed by atoms with Gasteiger partial charge >= 0.3 is 0 Å². The van der Waals surface area contributed by atoms with Crippen LogP contribution in [0.15, 0.2) is 12.1 Å². The van der Waals surface area contributed by atoms with Crippen molar-refractivity contribution in [3.63, 3.8) is 0 Å². The van der Waals surface area contributed by atoms with Crippen molar-refractivity contribution in [1.82, 2.24) is 5.32 Å². The topological polar surface area (TPSA) is 82.8 Å². The van der Waals surface area contributed by atoms with Crippen LogP contribution in [0, 0.1) is 0 Å². The average Bonchev–Trinajstić information content (AvgIpc) is 2.45. The number of rotatable bonds is 7. The number of ether oxygens (including phenoxy) is 3. The molecule has 0 aromatic heterocycles. The first-order valence-electron chi connectivity index (χ1n) is 6.36. The van der Waals surface area contributed by atoms with E-state index in [9.17, 15) is 4.79 Å². The van der Waals surface area contributed by atoms with Gasteiger partial charge in [-0.2, -0.15) is 0 Å². The number of carbonyl (C=O) groups excluding carboxylic acids is 1. The Morgan fingerprint density at radius 1 is 1.19 bits per heavy atom. The summed E-state index contributed by atoms with van der Waals surface area (Å²) in [5.74, 6) is 1.55. The maximum Gasteiger partial charge on any atom is 0.221 e. The van der Waals surface area contributed by atoms with Crippen LogP contribution in [0.3, 0.4) is 0 Å². The number of nitrogens with one attached hydrogen (secondary N) is 1. The van der Waals surface area contributed by atoms with E-state index < -0.39 is 0 Å². The predicted octanol–water partition coefficient (Wildman–Crippen LogP) is 1.66. The third-order valence-electron chi connectivity index (χ3n) is 2.94. The van der Waals surface area contributed by atoms with Crippen molar-refractivity contribution < 1.29 is 19.0 Å². The molecule has 0 aliphatic rings. The van der Waals surface area contributed by atoms with Crippen molar-refractivity contribution in [2.75, 3.05) is 27.9 Å². The lowest BCUT2D eigenvalue weighted by atomic mass is 10.1. The second-order valence-corrected chi connectivity index (χ2v) is 4.29. The van der Waals surface area contributed by atoms with Crippen LogP contribution in [-0.2, 0) is 4.79 Å². The molecule has 1 rings (SSSR count). The first-order chi connectivity index (χ1) is 9.57. The van der Waals surface area contributed by atoms with Gasteiger partial charge in [0.1, 0.15) is 0 Å². The van der Waals surface area contributed by atoms with Crippen LogP contribution < -0.4 is 25.3 Å². The number of hydrogen-bond acceptors (Lipinski definition) is 5. The summed E-state index contributed by atoms with van der Waals surface area (Å²) in [7, 11) is 4.66. The highest BCUT2D eigenvalue weighted by Crippen LogP contribution is 2.39. The fourth-order valence-corrected chi connectivity index (χ4v) is 1.88. The van der Waals surface area contributed by atoms with Gasteiger partial charge in [0.25, 0.3) is 0 Å². The van der Waals surface area contributed by atoms with Crippen LogP contribution in [0.25, 0.3) is 0 Å². The second-order valence-electron chi connectivity index (χ2n) is 4.29. The lowest BCUT2D eigenvalue weighted by Crippen LogP contribution is -2.28. The van der Waals surface area contributed by atoms with E-state index in [0.717, 1.165) is 5.56 Å². The summed E-state index contributed by atoms with van der Waals surface area (Å²) in [5, 5.41) is 2.87. The third-order valence-corrected chi connectivity index (χ3v) is 2.94. The SMILES string of the molecule is COc1cc(C(C)NC(=O)CCN)cc(OC)c1OC.Cl. The molecule has 21 heavy (non-hydrogen) atoms. The molecule has 1 unspecified atom stereocenters. The monoisotopic (exact) mass is 318 g/mol. The van der Waals surface area contributed by atoms with Gasteiger partial charge in [-0.1, -0.05) is 0 Å². The molecule has 3 N–H and O–H groups in total. The van der Waals surface area contributed by atoms with Crippen LogP contribution in [0.1, 0.15) is 24.9 Å². The quantitative estimate of drug-likeness (QED) is 0.799. The molecule has 1 atom stereocenters. The molecule has 1 amide bonds. The number of hydrogen-bond donors (Lipinski definition) is 2. The minimum Gasteiger partial charge on any atom is -0.493 e. The minimum atomic E-state index is -0.178. The zero-order valence-electron chi connectivity index (χ0n) is 12.8. The average molecular weight is 319 g/mol. The number of nitrogens with two attached hydrogens (primary N) is 1. The van der Waals surface area contributed by atoms with E-state index in [0.29, 0.717) is 30.2 Å². The molecule has 120 valence electrons. The molecule has 0 heterocycles. The van der Waals surface area contributed by atoms with E-state index in [1.54, 1.807) is 21.3 Å². The Kier molecular flexibility index (Phi) is 8.57. The van der Waals surface area contributed by atoms with Crippen molar-refractivity contribution in [3.05, 3.63) is 17.7 Å². The van der Waals surface area contributed by atoms with Crippen molar-refractivity contribution in [3.8, 4) is 17.2 Å². The maximum atomic E-state index is 11.6. The summed E-state index contributed by atoms with van der Waals surface area (Å²) in [5.41, 5.74) is 6.22. The Morgan fingerprint density at radius 2 is 1.71 bits per heavy atom. The Bertz CT molecular complexity index is 443. The molecule has 1 aromatic carbocycles. The molecular weight excluding hydrogens is 296 g/mol. The van der Waals surface area contributed by atoms with Gasteiger partial charge in [0, 0.05) is 13.0 Å². The lowest BCUT2D eigenvalue weighted by molar-refractivity contribution is -0.121. The summed E-state index contributed by atoms with van der Waals surface area (Å²) < 4.78 is 15.8. The number of carbonyl (C=O) groups is 1. The zero-order valence-corrected chi connectivity index (χ0v) is 13.6. The summed E-state index contributed by atoms with van der Waals surface area (Å²) in [6.07, 6.45) is 0.300. The van der Waals surface area contributed by atoms with Crippen molar-refractivity contribution in [2.24, 2.45) is 5.73 Å². The highest BCUT2D eigenvalue weighted by molar-refractivity contribution is 5.85. The molecule has 0 bridgehead atoms. The van der Waals surface area contributed by atoms with Gasteiger partial charge in [-0.05, 0) is 24.6 Å². The van der Waals surface area contributed by atoms with Gasteiger partial charge in [-0.15, -0.1) is 12.4 Å².